The van der Waals surface area contributed by atoms with Crippen LogP contribution >= 0.6 is 0 Å². The number of aromatic nitrogens is 1. The molecule has 9 heteroatoms. The van der Waals surface area contributed by atoms with Gasteiger partial charge in [-0.1, -0.05) is 13.8 Å². The molecule has 0 saturated carbocycles. The van der Waals surface area contributed by atoms with E-state index in [2.05, 4.69) is 10.6 Å². The van der Waals surface area contributed by atoms with Crippen LogP contribution in [-0.2, 0) is 11.3 Å². The largest absolute Gasteiger partial charge is 0.454 e. The number of aryl methyl sites for hydroxylation is 1. The van der Waals surface area contributed by atoms with Crippen molar-refractivity contribution in [1.82, 2.24) is 15.2 Å². The molecule has 1 atom stereocenters. The van der Waals surface area contributed by atoms with Crippen molar-refractivity contribution in [3.8, 4) is 11.5 Å². The minimum absolute atomic E-state index is 0.0491. The second-order valence-electron chi connectivity index (χ2n) is 7.55. The summed E-state index contributed by atoms with van der Waals surface area (Å²) < 4.78 is 12.5. The lowest BCUT2D eigenvalue weighted by Gasteiger charge is -2.20. The molecule has 0 spiro atoms. The van der Waals surface area contributed by atoms with E-state index in [1.165, 1.54) is 6.20 Å². The van der Waals surface area contributed by atoms with Gasteiger partial charge in [-0.2, -0.15) is 0 Å². The molecule has 0 aliphatic carbocycles. The maximum atomic E-state index is 13.1. The zero-order valence-electron chi connectivity index (χ0n) is 17.4. The van der Waals surface area contributed by atoms with Gasteiger partial charge in [0.15, 0.2) is 11.5 Å². The first kappa shape index (κ1) is 21.6. The van der Waals surface area contributed by atoms with Gasteiger partial charge in [-0.25, -0.2) is 0 Å². The molecule has 0 fully saturated rings. The quantitative estimate of drug-likeness (QED) is 0.590. The van der Waals surface area contributed by atoms with Crippen molar-refractivity contribution in [3.05, 3.63) is 34.1 Å². The van der Waals surface area contributed by atoms with Crippen LogP contribution in [0.25, 0.3) is 10.9 Å². The number of pyridine rings is 1. The Morgan fingerprint density at radius 1 is 1.23 bits per heavy atom. The van der Waals surface area contributed by atoms with Gasteiger partial charge in [-0.15, -0.1) is 0 Å². The first-order valence-corrected chi connectivity index (χ1v) is 10.0. The van der Waals surface area contributed by atoms with Crippen molar-refractivity contribution in [2.75, 3.05) is 19.9 Å². The normalized spacial score (nSPS) is 13.5. The second-order valence-corrected chi connectivity index (χ2v) is 7.55. The molecule has 0 radical (unpaired) electrons. The second kappa shape index (κ2) is 9.17. The summed E-state index contributed by atoms with van der Waals surface area (Å²) in [7, 11) is 0. The standard InChI is InChI=1S/C21H27N3O6/c1-4-24-10-14(19(26)13-8-17-18(9-16(13)24)30-11-29-17)20(27)23-15(7-12(2)3)21(28)22-5-6-25/h8-10,12,15,25H,4-7,11H2,1-3H3,(H,22,28)(H,23,27). The lowest BCUT2D eigenvalue weighted by atomic mass is 10.0. The number of hydrogen-bond acceptors (Lipinski definition) is 6. The van der Waals surface area contributed by atoms with Crippen LogP contribution in [0.5, 0.6) is 11.5 Å². The van der Waals surface area contributed by atoms with Gasteiger partial charge < -0.3 is 29.8 Å². The molecule has 1 unspecified atom stereocenters. The Hall–Kier alpha value is -3.07. The van der Waals surface area contributed by atoms with Crippen LogP contribution < -0.4 is 25.5 Å². The Morgan fingerprint density at radius 3 is 2.57 bits per heavy atom. The van der Waals surface area contributed by atoms with E-state index in [1.54, 1.807) is 16.7 Å². The molecule has 0 bridgehead atoms. The molecular weight excluding hydrogens is 390 g/mol. The average Bonchev–Trinajstić information content (AvgIpc) is 3.17. The third kappa shape index (κ3) is 4.40. The molecule has 2 amide bonds. The molecule has 30 heavy (non-hydrogen) atoms. The average molecular weight is 417 g/mol. The van der Waals surface area contributed by atoms with Gasteiger partial charge >= 0.3 is 0 Å². The summed E-state index contributed by atoms with van der Waals surface area (Å²) in [5, 5.41) is 14.5. The van der Waals surface area contributed by atoms with Crippen molar-refractivity contribution in [2.24, 2.45) is 5.92 Å². The number of aliphatic hydroxyl groups is 1. The van der Waals surface area contributed by atoms with Crippen molar-refractivity contribution in [3.63, 3.8) is 0 Å². The highest BCUT2D eigenvalue weighted by Gasteiger charge is 2.25. The predicted molar refractivity (Wildman–Crippen MR) is 111 cm³/mol. The number of benzene rings is 1. The van der Waals surface area contributed by atoms with Gasteiger partial charge in [-0.05, 0) is 25.3 Å². The number of carbonyl (C=O) groups is 2. The minimum atomic E-state index is -0.814. The summed E-state index contributed by atoms with van der Waals surface area (Å²) in [5.41, 5.74) is 0.152. The Morgan fingerprint density at radius 2 is 1.93 bits per heavy atom. The highest BCUT2D eigenvalue weighted by Crippen LogP contribution is 2.35. The number of amides is 2. The molecule has 2 aromatic rings. The van der Waals surface area contributed by atoms with Gasteiger partial charge in [0.25, 0.3) is 5.91 Å². The summed E-state index contributed by atoms with van der Waals surface area (Å²) >= 11 is 0. The monoisotopic (exact) mass is 417 g/mol. The smallest absolute Gasteiger partial charge is 0.257 e. The summed E-state index contributed by atoms with van der Waals surface area (Å²) in [6.07, 6.45) is 1.90. The molecule has 3 rings (SSSR count). The van der Waals surface area contributed by atoms with E-state index in [0.717, 1.165) is 0 Å². The summed E-state index contributed by atoms with van der Waals surface area (Å²) in [5.74, 6) is 0.135. The molecule has 9 nitrogen and oxygen atoms in total. The lowest BCUT2D eigenvalue weighted by molar-refractivity contribution is -0.123. The fourth-order valence-corrected chi connectivity index (χ4v) is 3.44. The molecule has 0 saturated heterocycles. The molecule has 1 aliphatic heterocycles. The third-order valence-corrected chi connectivity index (χ3v) is 4.90. The predicted octanol–water partition coefficient (Wildman–Crippen LogP) is 1.00. The molecule has 2 heterocycles. The van der Waals surface area contributed by atoms with Crippen LogP contribution in [0.3, 0.4) is 0 Å². The topological polar surface area (TPSA) is 119 Å². The van der Waals surface area contributed by atoms with Crippen molar-refractivity contribution in [1.29, 1.82) is 0 Å². The van der Waals surface area contributed by atoms with Crippen LogP contribution in [0.1, 0.15) is 37.6 Å². The Kier molecular flexibility index (Phi) is 6.61. The van der Waals surface area contributed by atoms with Gasteiger partial charge in [0.1, 0.15) is 11.6 Å². The zero-order valence-corrected chi connectivity index (χ0v) is 17.4. The van der Waals surface area contributed by atoms with E-state index in [1.807, 2.05) is 20.8 Å². The fourth-order valence-electron chi connectivity index (χ4n) is 3.44. The maximum absolute atomic E-state index is 13.1. The summed E-state index contributed by atoms with van der Waals surface area (Å²) in [6.45, 7) is 6.27. The van der Waals surface area contributed by atoms with Gasteiger partial charge in [-0.3, -0.25) is 14.4 Å². The van der Waals surface area contributed by atoms with Gasteiger partial charge in [0, 0.05) is 25.4 Å². The minimum Gasteiger partial charge on any atom is -0.454 e. The number of nitrogens with one attached hydrogen (secondary N) is 2. The molecular formula is C21H27N3O6. The zero-order chi connectivity index (χ0) is 21.8. The van der Waals surface area contributed by atoms with Gasteiger partial charge in [0.05, 0.1) is 17.5 Å². The van der Waals surface area contributed by atoms with E-state index in [9.17, 15) is 14.4 Å². The van der Waals surface area contributed by atoms with E-state index in [-0.39, 0.29) is 31.4 Å². The number of hydrogen-bond donors (Lipinski definition) is 3. The summed E-state index contributed by atoms with van der Waals surface area (Å²) in [6, 6.07) is 2.50. The lowest BCUT2D eigenvalue weighted by Crippen LogP contribution is -2.48. The van der Waals surface area contributed by atoms with Crippen LogP contribution in [-0.4, -0.2) is 47.5 Å². The van der Waals surface area contributed by atoms with Crippen molar-refractivity contribution >= 4 is 22.7 Å². The SMILES string of the molecule is CCn1cc(C(=O)NC(CC(C)C)C(=O)NCCO)c(=O)c2cc3c(cc21)OCO3. The van der Waals surface area contributed by atoms with Crippen LogP contribution in [0.2, 0.25) is 0 Å². The highest BCUT2D eigenvalue weighted by atomic mass is 16.7. The number of nitrogens with zero attached hydrogens (tertiary/aromatic N) is 1. The number of carbonyl (C=O) groups excluding carboxylic acids is 2. The number of aliphatic hydroxyl groups excluding tert-OH is 1. The van der Waals surface area contributed by atoms with E-state index in [4.69, 9.17) is 14.6 Å². The number of ether oxygens (including phenoxy) is 2. The van der Waals surface area contributed by atoms with Crippen molar-refractivity contribution < 1.29 is 24.2 Å². The molecule has 3 N–H and O–H groups in total. The molecule has 1 aromatic carbocycles. The van der Waals surface area contributed by atoms with Crippen LogP contribution in [0.15, 0.2) is 23.1 Å². The Bertz CT molecular complexity index is 1010. The van der Waals surface area contributed by atoms with Crippen LogP contribution in [0.4, 0.5) is 0 Å². The third-order valence-electron chi connectivity index (χ3n) is 4.90. The fraction of sp³-hybridized carbons (Fsp3) is 0.476. The van der Waals surface area contributed by atoms with E-state index >= 15 is 0 Å². The van der Waals surface area contributed by atoms with Crippen molar-refractivity contribution in [2.45, 2.75) is 39.8 Å². The maximum Gasteiger partial charge on any atom is 0.257 e. The molecule has 1 aromatic heterocycles. The number of rotatable bonds is 8. The van der Waals surface area contributed by atoms with Gasteiger partial charge in [0.2, 0.25) is 18.1 Å². The summed E-state index contributed by atoms with van der Waals surface area (Å²) in [4.78, 5) is 38.5. The first-order chi connectivity index (χ1) is 14.3. The molecule has 162 valence electrons. The number of fused-ring (bicyclic) bond motifs is 2. The Labute approximate surface area is 174 Å². The first-order valence-electron chi connectivity index (χ1n) is 10.0. The molecule has 1 aliphatic rings. The van der Waals surface area contributed by atoms with E-state index < -0.39 is 23.3 Å². The van der Waals surface area contributed by atoms with E-state index in [0.29, 0.717) is 35.4 Å². The van der Waals surface area contributed by atoms with Crippen LogP contribution in [0, 0.1) is 5.92 Å². The highest BCUT2D eigenvalue weighted by molar-refractivity contribution is 6.00. The Balaban J connectivity index is 1.97.